The van der Waals surface area contributed by atoms with E-state index in [4.69, 9.17) is 0 Å². The second-order valence-electron chi connectivity index (χ2n) is 6.17. The molecule has 1 aliphatic carbocycles. The fourth-order valence-electron chi connectivity index (χ4n) is 2.38. The monoisotopic (exact) mass is 398 g/mol. The van der Waals surface area contributed by atoms with Crippen molar-refractivity contribution < 1.29 is 9.59 Å². The van der Waals surface area contributed by atoms with Gasteiger partial charge in [-0.2, -0.15) is 0 Å². The first-order valence-corrected chi connectivity index (χ1v) is 8.97. The Hall–Kier alpha value is -2.40. The number of hydrogen-bond acceptors (Lipinski definition) is 2. The normalized spacial score (nSPS) is 13.7. The lowest BCUT2D eigenvalue weighted by Gasteiger charge is -2.10. The van der Waals surface area contributed by atoms with Crippen LogP contribution in [0.1, 0.15) is 24.0 Å². The van der Waals surface area contributed by atoms with Crippen LogP contribution in [-0.4, -0.2) is 11.8 Å². The van der Waals surface area contributed by atoms with Crippen molar-refractivity contribution in [3.8, 4) is 0 Å². The van der Waals surface area contributed by atoms with Crippen LogP contribution >= 0.6 is 15.9 Å². The summed E-state index contributed by atoms with van der Waals surface area (Å²) in [6.07, 6.45) is 5.17. The van der Waals surface area contributed by atoms with Crippen molar-refractivity contribution in [2.75, 3.05) is 10.6 Å². The Kier molecular flexibility index (Phi) is 5.34. The highest BCUT2D eigenvalue weighted by Gasteiger charge is 2.29. The zero-order chi connectivity index (χ0) is 17.8. The quantitative estimate of drug-likeness (QED) is 0.713. The van der Waals surface area contributed by atoms with Crippen LogP contribution in [-0.2, 0) is 9.59 Å². The number of carbonyl (C=O) groups is 2. The summed E-state index contributed by atoms with van der Waals surface area (Å²) < 4.78 is 0.963. The SMILES string of the molecule is Cc1ccc(NC(=O)C2CC2)cc1NC(=O)C=Cc1cccc(Br)c1. The molecule has 128 valence electrons. The summed E-state index contributed by atoms with van der Waals surface area (Å²) in [5.41, 5.74) is 3.27. The van der Waals surface area contributed by atoms with E-state index in [0.717, 1.165) is 28.4 Å². The molecule has 1 fully saturated rings. The lowest BCUT2D eigenvalue weighted by Crippen LogP contribution is -2.14. The van der Waals surface area contributed by atoms with E-state index in [1.54, 1.807) is 12.1 Å². The molecule has 1 saturated carbocycles. The molecule has 4 nitrogen and oxygen atoms in total. The van der Waals surface area contributed by atoms with Crippen molar-refractivity contribution in [2.45, 2.75) is 19.8 Å². The third kappa shape index (κ3) is 5.03. The van der Waals surface area contributed by atoms with Crippen LogP contribution in [0.4, 0.5) is 11.4 Å². The number of halogens is 1. The molecule has 0 aromatic heterocycles. The summed E-state index contributed by atoms with van der Waals surface area (Å²) in [5.74, 6) is -0.0168. The summed E-state index contributed by atoms with van der Waals surface area (Å²) in [6, 6.07) is 13.2. The first-order valence-electron chi connectivity index (χ1n) is 8.17. The van der Waals surface area contributed by atoms with Crippen molar-refractivity contribution in [2.24, 2.45) is 5.92 Å². The van der Waals surface area contributed by atoms with Gasteiger partial charge in [0, 0.05) is 27.8 Å². The van der Waals surface area contributed by atoms with Gasteiger partial charge in [-0.15, -0.1) is 0 Å². The summed E-state index contributed by atoms with van der Waals surface area (Å²) in [5, 5.41) is 5.76. The number of hydrogen-bond donors (Lipinski definition) is 2. The number of rotatable bonds is 5. The Morgan fingerprint density at radius 1 is 1.12 bits per heavy atom. The Morgan fingerprint density at radius 3 is 2.64 bits per heavy atom. The molecule has 25 heavy (non-hydrogen) atoms. The Bertz CT molecular complexity index is 841. The van der Waals surface area contributed by atoms with Gasteiger partial charge in [-0.1, -0.05) is 34.1 Å². The predicted molar refractivity (Wildman–Crippen MR) is 104 cm³/mol. The maximum absolute atomic E-state index is 12.2. The number of benzene rings is 2. The van der Waals surface area contributed by atoms with Gasteiger partial charge < -0.3 is 10.6 Å². The van der Waals surface area contributed by atoms with Gasteiger partial charge in [0.1, 0.15) is 0 Å². The van der Waals surface area contributed by atoms with Crippen molar-refractivity contribution in [3.05, 3.63) is 64.1 Å². The van der Waals surface area contributed by atoms with Crippen molar-refractivity contribution in [1.82, 2.24) is 0 Å². The third-order valence-corrected chi connectivity index (χ3v) is 4.48. The molecule has 1 aliphatic rings. The molecule has 0 saturated heterocycles. The van der Waals surface area contributed by atoms with Gasteiger partial charge in [0.05, 0.1) is 0 Å². The largest absolute Gasteiger partial charge is 0.326 e. The molecule has 0 atom stereocenters. The standard InChI is InChI=1S/C20H19BrN2O2/c1-13-5-9-17(22-20(25)15-7-8-15)12-18(13)23-19(24)10-6-14-3-2-4-16(21)11-14/h2-6,9-12,15H,7-8H2,1H3,(H,22,25)(H,23,24). The maximum atomic E-state index is 12.2. The topological polar surface area (TPSA) is 58.2 Å². The van der Waals surface area contributed by atoms with Gasteiger partial charge in [-0.05, 0) is 61.2 Å². The van der Waals surface area contributed by atoms with Crippen LogP contribution in [0.2, 0.25) is 0 Å². The van der Waals surface area contributed by atoms with E-state index >= 15 is 0 Å². The predicted octanol–water partition coefficient (Wildman–Crippen LogP) is 4.76. The van der Waals surface area contributed by atoms with E-state index in [9.17, 15) is 9.59 Å². The minimum absolute atomic E-state index is 0.0516. The summed E-state index contributed by atoms with van der Waals surface area (Å²) >= 11 is 3.41. The molecule has 2 aromatic carbocycles. The van der Waals surface area contributed by atoms with Crippen LogP contribution < -0.4 is 10.6 Å². The molecule has 0 heterocycles. The fourth-order valence-corrected chi connectivity index (χ4v) is 2.80. The van der Waals surface area contributed by atoms with E-state index in [-0.39, 0.29) is 17.7 Å². The first-order chi connectivity index (χ1) is 12.0. The number of carbonyl (C=O) groups excluding carboxylic acids is 2. The molecule has 0 bridgehead atoms. The zero-order valence-electron chi connectivity index (χ0n) is 13.9. The average Bonchev–Trinajstić information content (AvgIpc) is 3.41. The highest BCUT2D eigenvalue weighted by Crippen LogP contribution is 2.30. The minimum Gasteiger partial charge on any atom is -0.326 e. The molecule has 0 spiro atoms. The van der Waals surface area contributed by atoms with Crippen molar-refractivity contribution >= 4 is 45.2 Å². The average molecular weight is 399 g/mol. The van der Waals surface area contributed by atoms with Gasteiger partial charge in [-0.3, -0.25) is 9.59 Å². The molecule has 0 unspecified atom stereocenters. The summed E-state index contributed by atoms with van der Waals surface area (Å²) in [4.78, 5) is 24.0. The Labute approximate surface area is 155 Å². The smallest absolute Gasteiger partial charge is 0.248 e. The number of aryl methyl sites for hydroxylation is 1. The molecule has 2 aromatic rings. The lowest BCUT2D eigenvalue weighted by atomic mass is 10.1. The highest BCUT2D eigenvalue weighted by molar-refractivity contribution is 9.10. The zero-order valence-corrected chi connectivity index (χ0v) is 15.5. The highest BCUT2D eigenvalue weighted by atomic mass is 79.9. The van der Waals surface area contributed by atoms with Crippen molar-refractivity contribution in [1.29, 1.82) is 0 Å². The van der Waals surface area contributed by atoms with Crippen LogP contribution in [0.5, 0.6) is 0 Å². The molecule has 0 radical (unpaired) electrons. The molecular weight excluding hydrogens is 380 g/mol. The fraction of sp³-hybridized carbons (Fsp3) is 0.200. The Morgan fingerprint density at radius 2 is 1.92 bits per heavy atom. The second kappa shape index (κ2) is 7.66. The van der Waals surface area contributed by atoms with E-state index in [1.807, 2.05) is 43.3 Å². The number of nitrogens with one attached hydrogen (secondary N) is 2. The van der Waals surface area contributed by atoms with Crippen LogP contribution in [0.3, 0.4) is 0 Å². The molecular formula is C20H19BrN2O2. The van der Waals surface area contributed by atoms with E-state index in [1.165, 1.54) is 6.08 Å². The van der Waals surface area contributed by atoms with Gasteiger partial charge in [0.15, 0.2) is 0 Å². The van der Waals surface area contributed by atoms with Gasteiger partial charge >= 0.3 is 0 Å². The second-order valence-corrected chi connectivity index (χ2v) is 7.09. The third-order valence-electron chi connectivity index (χ3n) is 3.99. The van der Waals surface area contributed by atoms with E-state index in [2.05, 4.69) is 26.6 Å². The molecule has 3 rings (SSSR count). The first kappa shape index (κ1) is 17.4. The van der Waals surface area contributed by atoms with Crippen LogP contribution in [0.15, 0.2) is 53.0 Å². The van der Waals surface area contributed by atoms with Crippen LogP contribution in [0.25, 0.3) is 6.08 Å². The molecule has 2 amide bonds. The molecule has 2 N–H and O–H groups in total. The van der Waals surface area contributed by atoms with Gasteiger partial charge in [0.2, 0.25) is 11.8 Å². The summed E-state index contributed by atoms with van der Waals surface area (Å²) in [7, 11) is 0. The van der Waals surface area contributed by atoms with Crippen molar-refractivity contribution in [3.63, 3.8) is 0 Å². The molecule has 5 heteroatoms. The maximum Gasteiger partial charge on any atom is 0.248 e. The van der Waals surface area contributed by atoms with E-state index < -0.39 is 0 Å². The number of amides is 2. The lowest BCUT2D eigenvalue weighted by molar-refractivity contribution is -0.117. The van der Waals surface area contributed by atoms with Gasteiger partial charge in [0.25, 0.3) is 0 Å². The van der Waals surface area contributed by atoms with Crippen LogP contribution in [0, 0.1) is 12.8 Å². The van der Waals surface area contributed by atoms with Gasteiger partial charge in [-0.25, -0.2) is 0 Å². The number of anilines is 2. The summed E-state index contributed by atoms with van der Waals surface area (Å²) in [6.45, 7) is 1.92. The molecule has 0 aliphatic heterocycles. The van der Waals surface area contributed by atoms with E-state index in [0.29, 0.717) is 11.4 Å². The Balaban J connectivity index is 1.66. The minimum atomic E-state index is -0.214.